The molecule has 6 nitrogen and oxygen atoms in total. The second kappa shape index (κ2) is 10.9. The quantitative estimate of drug-likeness (QED) is 0.586. The molecule has 2 aliphatic heterocycles. The number of carbonyl (C=O) groups excluding carboxylic acids is 2. The Bertz CT molecular complexity index is 973. The van der Waals surface area contributed by atoms with Crippen LogP contribution in [0.25, 0.3) is 0 Å². The van der Waals surface area contributed by atoms with Crippen molar-refractivity contribution in [3.8, 4) is 5.75 Å². The number of nitrogens with one attached hydrogen (secondary N) is 2. The first-order chi connectivity index (χ1) is 15.6. The van der Waals surface area contributed by atoms with Crippen molar-refractivity contribution in [2.75, 3.05) is 41.8 Å². The Morgan fingerprint density at radius 2 is 2.00 bits per heavy atom. The van der Waals surface area contributed by atoms with Gasteiger partial charge >= 0.3 is 0 Å². The number of aryl methyl sites for hydroxylation is 2. The molecule has 0 bridgehead atoms. The van der Waals surface area contributed by atoms with Gasteiger partial charge in [0, 0.05) is 55.4 Å². The molecular formula is C25H31N3O3S. The van der Waals surface area contributed by atoms with Crippen LogP contribution in [0, 0.1) is 6.92 Å². The first-order valence-corrected chi connectivity index (χ1v) is 12.5. The van der Waals surface area contributed by atoms with Crippen LogP contribution in [0.15, 0.2) is 36.4 Å². The zero-order chi connectivity index (χ0) is 22.3. The van der Waals surface area contributed by atoms with E-state index < -0.39 is 0 Å². The van der Waals surface area contributed by atoms with Crippen LogP contribution in [-0.4, -0.2) is 47.9 Å². The molecule has 7 heteroatoms. The second-order valence-electron chi connectivity index (χ2n) is 8.41. The number of rotatable bonds is 8. The third-order valence-electron chi connectivity index (χ3n) is 5.86. The van der Waals surface area contributed by atoms with Crippen LogP contribution in [0.3, 0.4) is 0 Å². The molecule has 2 amide bonds. The molecule has 2 aromatic rings. The largest absolute Gasteiger partial charge is 0.494 e. The molecule has 170 valence electrons. The van der Waals surface area contributed by atoms with Gasteiger partial charge in [0.15, 0.2) is 0 Å². The van der Waals surface area contributed by atoms with E-state index in [1.807, 2.05) is 43.0 Å². The summed E-state index contributed by atoms with van der Waals surface area (Å²) in [4.78, 5) is 26.3. The highest BCUT2D eigenvalue weighted by molar-refractivity contribution is 7.99. The molecule has 0 aliphatic carbocycles. The number of amides is 2. The first-order valence-electron chi connectivity index (χ1n) is 11.3. The number of nitrogens with zero attached hydrogens (tertiary/aromatic N) is 1. The molecule has 2 heterocycles. The van der Waals surface area contributed by atoms with E-state index in [1.54, 1.807) is 0 Å². The maximum Gasteiger partial charge on any atom is 0.224 e. The summed E-state index contributed by atoms with van der Waals surface area (Å²) in [5.74, 6) is 3.26. The Hall–Kier alpha value is -2.51. The van der Waals surface area contributed by atoms with E-state index in [1.165, 1.54) is 17.1 Å². The molecule has 2 aliphatic rings. The topological polar surface area (TPSA) is 70.7 Å². The van der Waals surface area contributed by atoms with Gasteiger partial charge in [-0.05, 0) is 60.7 Å². The molecule has 0 aromatic heterocycles. The summed E-state index contributed by atoms with van der Waals surface area (Å²) in [6, 6.07) is 12.0. The SMILES string of the molecule is Cc1cc(CN2CCSCC2)ccc1NC(=O)CCCOc1ccc2c(c1)CCC(=O)N2. The number of hydrogen-bond donors (Lipinski definition) is 2. The van der Waals surface area contributed by atoms with E-state index in [4.69, 9.17) is 4.74 Å². The highest BCUT2D eigenvalue weighted by Crippen LogP contribution is 2.27. The summed E-state index contributed by atoms with van der Waals surface area (Å²) in [5, 5.41) is 5.90. The van der Waals surface area contributed by atoms with Crippen LogP contribution >= 0.6 is 11.8 Å². The predicted molar refractivity (Wildman–Crippen MR) is 131 cm³/mol. The van der Waals surface area contributed by atoms with E-state index in [2.05, 4.69) is 27.7 Å². The number of anilines is 2. The average molecular weight is 454 g/mol. The van der Waals surface area contributed by atoms with Gasteiger partial charge in [0.05, 0.1) is 6.61 Å². The molecule has 2 N–H and O–H groups in total. The molecule has 0 spiro atoms. The molecule has 4 rings (SSSR count). The Kier molecular flexibility index (Phi) is 7.71. The zero-order valence-electron chi connectivity index (χ0n) is 18.6. The number of fused-ring (bicyclic) bond motifs is 1. The predicted octanol–water partition coefficient (Wildman–Crippen LogP) is 4.23. The molecule has 2 aromatic carbocycles. The van der Waals surface area contributed by atoms with Gasteiger partial charge in [-0.3, -0.25) is 14.5 Å². The molecule has 0 atom stereocenters. The Morgan fingerprint density at radius 3 is 2.81 bits per heavy atom. The van der Waals surface area contributed by atoms with Crippen molar-refractivity contribution in [2.24, 2.45) is 0 Å². The lowest BCUT2D eigenvalue weighted by Crippen LogP contribution is -2.31. The molecule has 0 radical (unpaired) electrons. The maximum absolute atomic E-state index is 12.4. The van der Waals surface area contributed by atoms with Crippen molar-refractivity contribution < 1.29 is 14.3 Å². The number of benzene rings is 2. The van der Waals surface area contributed by atoms with Crippen LogP contribution in [-0.2, 0) is 22.6 Å². The van der Waals surface area contributed by atoms with E-state index in [-0.39, 0.29) is 11.8 Å². The standard InChI is InChI=1S/C25H31N3O3S/c1-18-15-19(17-28-10-13-32-14-11-28)4-7-22(18)26-24(29)3-2-12-31-21-6-8-23-20(16-21)5-9-25(30)27-23/h4,6-8,15-16H,2-3,5,9-14,17H2,1H3,(H,26,29)(H,27,30). The lowest BCUT2D eigenvalue weighted by Gasteiger charge is -2.26. The third-order valence-corrected chi connectivity index (χ3v) is 6.81. The van der Waals surface area contributed by atoms with E-state index >= 15 is 0 Å². The molecule has 0 saturated carbocycles. The highest BCUT2D eigenvalue weighted by atomic mass is 32.2. The van der Waals surface area contributed by atoms with Crippen LogP contribution in [0.1, 0.15) is 36.0 Å². The minimum atomic E-state index is 0.00524. The summed E-state index contributed by atoms with van der Waals surface area (Å²) in [6.07, 6.45) is 2.29. The van der Waals surface area contributed by atoms with Gasteiger partial charge in [-0.15, -0.1) is 0 Å². The summed E-state index contributed by atoms with van der Waals surface area (Å²) >= 11 is 2.02. The lowest BCUT2D eigenvalue weighted by molar-refractivity contribution is -0.117. The average Bonchev–Trinajstić information content (AvgIpc) is 2.79. The van der Waals surface area contributed by atoms with Crippen molar-refractivity contribution in [3.63, 3.8) is 0 Å². The number of carbonyl (C=O) groups is 2. The minimum absolute atomic E-state index is 0.00524. The summed E-state index contributed by atoms with van der Waals surface area (Å²) < 4.78 is 5.81. The fourth-order valence-corrected chi connectivity index (χ4v) is 5.05. The fraction of sp³-hybridized carbons (Fsp3) is 0.440. The van der Waals surface area contributed by atoms with Crippen molar-refractivity contribution >= 4 is 35.0 Å². The van der Waals surface area contributed by atoms with Crippen molar-refractivity contribution in [1.29, 1.82) is 0 Å². The number of hydrogen-bond acceptors (Lipinski definition) is 5. The third kappa shape index (κ3) is 6.26. The second-order valence-corrected chi connectivity index (χ2v) is 9.63. The zero-order valence-corrected chi connectivity index (χ0v) is 19.4. The van der Waals surface area contributed by atoms with Gasteiger partial charge in [0.2, 0.25) is 11.8 Å². The Labute approximate surface area is 194 Å². The van der Waals surface area contributed by atoms with Gasteiger partial charge < -0.3 is 15.4 Å². The smallest absolute Gasteiger partial charge is 0.224 e. The van der Waals surface area contributed by atoms with E-state index in [9.17, 15) is 9.59 Å². The molecule has 0 unspecified atom stereocenters. The summed E-state index contributed by atoms with van der Waals surface area (Å²) in [5.41, 5.74) is 5.23. The first kappa shape index (κ1) is 22.7. The number of thioether (sulfide) groups is 1. The molecular weight excluding hydrogens is 422 g/mol. The van der Waals surface area contributed by atoms with Crippen LogP contribution in [0.4, 0.5) is 11.4 Å². The van der Waals surface area contributed by atoms with E-state index in [0.29, 0.717) is 25.9 Å². The molecule has 32 heavy (non-hydrogen) atoms. The van der Waals surface area contributed by atoms with Crippen LogP contribution in [0.5, 0.6) is 5.75 Å². The van der Waals surface area contributed by atoms with Crippen LogP contribution in [0.2, 0.25) is 0 Å². The normalized spacial score (nSPS) is 16.2. The van der Waals surface area contributed by atoms with Crippen LogP contribution < -0.4 is 15.4 Å². The van der Waals surface area contributed by atoms with Gasteiger partial charge in [-0.25, -0.2) is 0 Å². The molecule has 1 saturated heterocycles. The van der Waals surface area contributed by atoms with Gasteiger partial charge in [-0.2, -0.15) is 11.8 Å². The van der Waals surface area contributed by atoms with Crippen molar-refractivity contribution in [3.05, 3.63) is 53.1 Å². The van der Waals surface area contributed by atoms with Gasteiger partial charge in [0.25, 0.3) is 0 Å². The van der Waals surface area contributed by atoms with Crippen molar-refractivity contribution in [1.82, 2.24) is 4.90 Å². The monoisotopic (exact) mass is 453 g/mol. The van der Waals surface area contributed by atoms with Gasteiger partial charge in [-0.1, -0.05) is 12.1 Å². The van der Waals surface area contributed by atoms with Crippen molar-refractivity contribution in [2.45, 2.75) is 39.2 Å². The summed E-state index contributed by atoms with van der Waals surface area (Å²) in [7, 11) is 0. The summed E-state index contributed by atoms with van der Waals surface area (Å²) in [6.45, 7) is 5.79. The van der Waals surface area contributed by atoms with E-state index in [0.717, 1.165) is 54.3 Å². The highest BCUT2D eigenvalue weighted by Gasteiger charge is 2.15. The Balaban J connectivity index is 1.20. The maximum atomic E-state index is 12.4. The lowest BCUT2D eigenvalue weighted by atomic mass is 10.0. The number of ether oxygens (including phenoxy) is 1. The molecule has 1 fully saturated rings. The minimum Gasteiger partial charge on any atom is -0.494 e. The Morgan fingerprint density at radius 1 is 1.16 bits per heavy atom. The fourth-order valence-electron chi connectivity index (χ4n) is 4.07. The van der Waals surface area contributed by atoms with Gasteiger partial charge in [0.1, 0.15) is 5.75 Å².